The van der Waals surface area contributed by atoms with Gasteiger partial charge in [0.1, 0.15) is 22.9 Å². The SMILES string of the molecule is C=CC(=O)N[C@@H]1CC[C@H](C(=O)N2CCC(n3cc(-c4cc(OC)c5c(C#N)cnn5c4)cn3)CC2)C1. The molecule has 186 valence electrons. The molecule has 10 heteroatoms. The molecule has 2 amide bonds. The monoisotopic (exact) mass is 487 g/mol. The Morgan fingerprint density at radius 1 is 1.17 bits per heavy atom. The van der Waals surface area contributed by atoms with E-state index >= 15 is 0 Å². The van der Waals surface area contributed by atoms with Gasteiger partial charge in [-0.3, -0.25) is 14.3 Å². The molecule has 0 spiro atoms. The van der Waals surface area contributed by atoms with Gasteiger partial charge in [-0.2, -0.15) is 15.5 Å². The van der Waals surface area contributed by atoms with Crippen molar-refractivity contribution in [2.24, 2.45) is 5.92 Å². The number of carbonyl (C=O) groups is 2. The number of amides is 2. The second kappa shape index (κ2) is 9.85. The number of hydrogen-bond acceptors (Lipinski definition) is 6. The summed E-state index contributed by atoms with van der Waals surface area (Å²) in [6, 6.07) is 4.31. The van der Waals surface area contributed by atoms with Crippen LogP contribution in [-0.2, 0) is 9.59 Å². The van der Waals surface area contributed by atoms with Gasteiger partial charge in [-0.1, -0.05) is 6.58 Å². The molecular weight excluding hydrogens is 458 g/mol. The lowest BCUT2D eigenvalue weighted by atomic mass is 10.0. The van der Waals surface area contributed by atoms with Crippen molar-refractivity contribution in [3.63, 3.8) is 0 Å². The van der Waals surface area contributed by atoms with Gasteiger partial charge in [0, 0.05) is 48.6 Å². The Balaban J connectivity index is 1.22. The normalized spacial score (nSPS) is 20.3. The van der Waals surface area contributed by atoms with E-state index in [4.69, 9.17) is 4.74 Å². The summed E-state index contributed by atoms with van der Waals surface area (Å²) in [4.78, 5) is 26.6. The second-order valence-electron chi connectivity index (χ2n) is 9.45. The number of nitriles is 1. The maximum Gasteiger partial charge on any atom is 0.243 e. The van der Waals surface area contributed by atoms with Crippen LogP contribution < -0.4 is 10.1 Å². The second-order valence-corrected chi connectivity index (χ2v) is 9.45. The highest BCUT2D eigenvalue weighted by molar-refractivity contribution is 5.87. The first-order chi connectivity index (χ1) is 17.5. The van der Waals surface area contributed by atoms with Crippen LogP contribution in [0.5, 0.6) is 5.75 Å². The molecule has 36 heavy (non-hydrogen) atoms. The lowest BCUT2D eigenvalue weighted by molar-refractivity contribution is -0.136. The third-order valence-electron chi connectivity index (χ3n) is 7.32. The molecule has 10 nitrogen and oxygen atoms in total. The zero-order valence-electron chi connectivity index (χ0n) is 20.3. The number of ether oxygens (including phenoxy) is 1. The van der Waals surface area contributed by atoms with Gasteiger partial charge in [0.2, 0.25) is 11.8 Å². The van der Waals surface area contributed by atoms with Gasteiger partial charge in [0.25, 0.3) is 0 Å². The third-order valence-corrected chi connectivity index (χ3v) is 7.32. The summed E-state index contributed by atoms with van der Waals surface area (Å²) in [6.45, 7) is 4.89. The number of fused-ring (bicyclic) bond motifs is 1. The number of nitrogens with one attached hydrogen (secondary N) is 1. The fourth-order valence-corrected chi connectivity index (χ4v) is 5.37. The topological polar surface area (TPSA) is 118 Å². The molecule has 2 atom stereocenters. The zero-order valence-corrected chi connectivity index (χ0v) is 20.3. The molecule has 2 fully saturated rings. The van der Waals surface area contributed by atoms with E-state index in [1.165, 1.54) is 12.3 Å². The first-order valence-electron chi connectivity index (χ1n) is 12.2. The van der Waals surface area contributed by atoms with Crippen molar-refractivity contribution in [3.05, 3.63) is 49.1 Å². The molecule has 0 bridgehead atoms. The number of hydrogen-bond donors (Lipinski definition) is 1. The maximum atomic E-state index is 13.1. The first kappa shape index (κ1) is 23.6. The molecule has 1 aliphatic heterocycles. The Labute approximate surface area is 209 Å². The predicted octanol–water partition coefficient (Wildman–Crippen LogP) is 2.71. The van der Waals surface area contributed by atoms with E-state index in [0.717, 1.165) is 36.8 Å². The van der Waals surface area contributed by atoms with Crippen molar-refractivity contribution in [1.82, 2.24) is 29.6 Å². The minimum Gasteiger partial charge on any atom is -0.494 e. The molecule has 3 aromatic rings. The average Bonchev–Trinajstić information content (AvgIpc) is 3.67. The van der Waals surface area contributed by atoms with Crippen LogP contribution in [0.3, 0.4) is 0 Å². The van der Waals surface area contributed by atoms with Crippen LogP contribution in [0.15, 0.2) is 43.5 Å². The first-order valence-corrected chi connectivity index (χ1v) is 12.2. The summed E-state index contributed by atoms with van der Waals surface area (Å²) in [7, 11) is 1.58. The Morgan fingerprint density at radius 2 is 1.97 bits per heavy atom. The van der Waals surface area contributed by atoms with Gasteiger partial charge in [-0.25, -0.2) is 4.52 Å². The van der Waals surface area contributed by atoms with Gasteiger partial charge in [-0.05, 0) is 44.2 Å². The van der Waals surface area contributed by atoms with Gasteiger partial charge in [0.05, 0.1) is 25.5 Å². The number of aromatic nitrogens is 4. The average molecular weight is 488 g/mol. The van der Waals surface area contributed by atoms with E-state index < -0.39 is 0 Å². The number of nitrogens with zero attached hydrogens (tertiary/aromatic N) is 6. The van der Waals surface area contributed by atoms with Crippen LogP contribution in [0.2, 0.25) is 0 Å². The van der Waals surface area contributed by atoms with Crippen molar-refractivity contribution in [2.45, 2.75) is 44.2 Å². The standard InChI is InChI=1S/C26H29N7O3/c1-3-24(34)30-21-5-4-17(10-21)26(35)31-8-6-22(7-9-31)32-16-20(14-28-32)18-11-23(36-2)25-19(12-27)13-29-33(25)15-18/h3,11,13-17,21-22H,1,4-10H2,2H3,(H,30,34)/t17-,21+/m0/s1. The maximum absolute atomic E-state index is 13.1. The van der Waals surface area contributed by atoms with E-state index in [0.29, 0.717) is 36.3 Å². The number of methoxy groups -OCH3 is 1. The van der Waals surface area contributed by atoms with E-state index in [1.807, 2.05) is 34.2 Å². The molecule has 5 rings (SSSR count). The van der Waals surface area contributed by atoms with Crippen molar-refractivity contribution >= 4 is 17.3 Å². The highest BCUT2D eigenvalue weighted by atomic mass is 16.5. The molecule has 4 heterocycles. The molecule has 1 aliphatic carbocycles. The van der Waals surface area contributed by atoms with Gasteiger partial charge >= 0.3 is 0 Å². The summed E-state index contributed by atoms with van der Waals surface area (Å²) in [5.41, 5.74) is 2.93. The summed E-state index contributed by atoms with van der Waals surface area (Å²) in [5, 5.41) is 21.1. The fourth-order valence-electron chi connectivity index (χ4n) is 5.37. The third kappa shape index (κ3) is 4.44. The van der Waals surface area contributed by atoms with E-state index in [-0.39, 0.29) is 29.8 Å². The summed E-state index contributed by atoms with van der Waals surface area (Å²) in [6.07, 6.45) is 12.5. The summed E-state index contributed by atoms with van der Waals surface area (Å²) in [5.74, 6) is 0.574. The van der Waals surface area contributed by atoms with Crippen molar-refractivity contribution < 1.29 is 14.3 Å². The van der Waals surface area contributed by atoms with Gasteiger partial charge < -0.3 is 15.0 Å². The Kier molecular flexibility index (Phi) is 6.46. The van der Waals surface area contributed by atoms with Crippen molar-refractivity contribution in [3.8, 4) is 22.9 Å². The van der Waals surface area contributed by atoms with Crippen LogP contribution in [0.4, 0.5) is 0 Å². The van der Waals surface area contributed by atoms with Crippen LogP contribution >= 0.6 is 0 Å². The summed E-state index contributed by atoms with van der Waals surface area (Å²) >= 11 is 0. The highest BCUT2D eigenvalue weighted by Crippen LogP contribution is 2.32. The number of pyridine rings is 1. The highest BCUT2D eigenvalue weighted by Gasteiger charge is 2.34. The molecule has 0 unspecified atom stereocenters. The summed E-state index contributed by atoms with van der Waals surface area (Å²) < 4.78 is 9.16. The fraction of sp³-hybridized carbons (Fsp3) is 0.423. The van der Waals surface area contributed by atoms with E-state index in [2.05, 4.69) is 28.2 Å². The molecule has 3 aromatic heterocycles. The van der Waals surface area contributed by atoms with Crippen LogP contribution in [-0.4, -0.2) is 62.3 Å². The zero-order chi connectivity index (χ0) is 25.2. The lowest BCUT2D eigenvalue weighted by Crippen LogP contribution is -2.42. The molecule has 2 aliphatic rings. The van der Waals surface area contributed by atoms with Crippen molar-refractivity contribution in [2.75, 3.05) is 20.2 Å². The predicted molar refractivity (Wildman–Crippen MR) is 132 cm³/mol. The number of rotatable bonds is 6. The quantitative estimate of drug-likeness (QED) is 0.534. The number of carbonyl (C=O) groups excluding carboxylic acids is 2. The largest absolute Gasteiger partial charge is 0.494 e. The molecule has 0 aromatic carbocycles. The Bertz CT molecular complexity index is 1340. The minimum atomic E-state index is -0.178. The van der Waals surface area contributed by atoms with Crippen LogP contribution in [0.1, 0.15) is 43.7 Å². The number of piperidine rings is 1. The molecular formula is C26H29N7O3. The smallest absolute Gasteiger partial charge is 0.243 e. The van der Waals surface area contributed by atoms with E-state index in [9.17, 15) is 14.9 Å². The van der Waals surface area contributed by atoms with Crippen molar-refractivity contribution in [1.29, 1.82) is 5.26 Å². The van der Waals surface area contributed by atoms with Crippen LogP contribution in [0, 0.1) is 17.2 Å². The van der Waals surface area contributed by atoms with E-state index in [1.54, 1.807) is 11.6 Å². The van der Waals surface area contributed by atoms with Crippen LogP contribution in [0.25, 0.3) is 16.6 Å². The molecule has 1 saturated heterocycles. The van der Waals surface area contributed by atoms with Gasteiger partial charge in [-0.15, -0.1) is 0 Å². The molecule has 0 radical (unpaired) electrons. The Morgan fingerprint density at radius 3 is 2.69 bits per heavy atom. The lowest BCUT2D eigenvalue weighted by Gasteiger charge is -2.33. The van der Waals surface area contributed by atoms with Gasteiger partial charge in [0.15, 0.2) is 0 Å². The minimum absolute atomic E-state index is 0.0262. The molecule has 1 saturated carbocycles. The Hall–Kier alpha value is -4.13. The molecule has 1 N–H and O–H groups in total. The number of likely N-dealkylation sites (tertiary alicyclic amines) is 1.